The molecule has 1 heterocycles. The number of hydrogen-bond donors (Lipinski definition) is 2. The molecular weight excluding hydrogens is 464 g/mol. The SMILES string of the molecule is COc1cc(C)ccc1[C@@H](Oc1ccccc1)[C@H](C)OC(=O)[C@H](C)NC(=O)c1nccc(OC)c1O. The Morgan fingerprint density at radius 1 is 0.972 bits per heavy atom. The number of ether oxygens (including phenoxy) is 4. The summed E-state index contributed by atoms with van der Waals surface area (Å²) in [5, 5.41) is 12.7. The zero-order valence-corrected chi connectivity index (χ0v) is 20.8. The average molecular weight is 495 g/mol. The second-order valence-electron chi connectivity index (χ2n) is 8.14. The molecule has 1 amide bonds. The zero-order chi connectivity index (χ0) is 26.2. The number of nitrogens with zero attached hydrogens (tertiary/aromatic N) is 1. The molecular formula is C27H30N2O7. The maximum Gasteiger partial charge on any atom is 0.328 e. The Bertz CT molecular complexity index is 1200. The third-order valence-electron chi connectivity index (χ3n) is 5.45. The number of nitrogens with one attached hydrogen (secondary N) is 1. The minimum atomic E-state index is -1.04. The highest BCUT2D eigenvalue weighted by molar-refractivity contribution is 5.97. The molecule has 3 rings (SSSR count). The quantitative estimate of drug-likeness (QED) is 0.407. The number of amides is 1. The van der Waals surface area contributed by atoms with Crippen molar-refractivity contribution >= 4 is 11.9 Å². The highest BCUT2D eigenvalue weighted by Gasteiger charge is 2.30. The molecule has 3 atom stereocenters. The molecule has 3 aromatic rings. The molecule has 190 valence electrons. The van der Waals surface area contributed by atoms with E-state index in [0.29, 0.717) is 17.1 Å². The smallest absolute Gasteiger partial charge is 0.328 e. The molecule has 2 aromatic carbocycles. The highest BCUT2D eigenvalue weighted by Crippen LogP contribution is 2.34. The van der Waals surface area contributed by atoms with Crippen molar-refractivity contribution in [3.63, 3.8) is 0 Å². The lowest BCUT2D eigenvalue weighted by Gasteiger charge is -2.28. The van der Waals surface area contributed by atoms with E-state index in [-0.39, 0.29) is 11.4 Å². The largest absolute Gasteiger partial charge is 0.503 e. The summed E-state index contributed by atoms with van der Waals surface area (Å²) in [6.45, 7) is 5.13. The summed E-state index contributed by atoms with van der Waals surface area (Å²) >= 11 is 0. The van der Waals surface area contributed by atoms with E-state index in [0.717, 1.165) is 5.56 Å². The molecule has 2 N–H and O–H groups in total. The molecule has 0 fully saturated rings. The lowest BCUT2D eigenvalue weighted by atomic mass is 10.0. The van der Waals surface area contributed by atoms with Gasteiger partial charge in [0.1, 0.15) is 23.6 Å². The normalized spacial score (nSPS) is 13.1. The summed E-state index contributed by atoms with van der Waals surface area (Å²) in [5.41, 5.74) is 1.44. The molecule has 0 aliphatic heterocycles. The second kappa shape index (κ2) is 11.9. The Morgan fingerprint density at radius 3 is 2.33 bits per heavy atom. The van der Waals surface area contributed by atoms with Gasteiger partial charge in [-0.3, -0.25) is 4.79 Å². The second-order valence-corrected chi connectivity index (χ2v) is 8.14. The summed E-state index contributed by atoms with van der Waals surface area (Å²) in [6.07, 6.45) is -0.130. The molecule has 0 aliphatic carbocycles. The van der Waals surface area contributed by atoms with Gasteiger partial charge < -0.3 is 29.4 Å². The van der Waals surface area contributed by atoms with Crippen LogP contribution >= 0.6 is 0 Å². The molecule has 0 bridgehead atoms. The topological polar surface area (TPSA) is 116 Å². The Morgan fingerprint density at radius 2 is 1.67 bits per heavy atom. The Kier molecular flexibility index (Phi) is 8.72. The van der Waals surface area contributed by atoms with Crippen LogP contribution in [0.3, 0.4) is 0 Å². The van der Waals surface area contributed by atoms with E-state index in [1.807, 2.05) is 43.3 Å². The van der Waals surface area contributed by atoms with Gasteiger partial charge in [-0.2, -0.15) is 0 Å². The molecule has 0 radical (unpaired) electrons. The lowest BCUT2D eigenvalue weighted by molar-refractivity contribution is -0.154. The Balaban J connectivity index is 1.78. The standard InChI is InChI=1S/C27H30N2O7/c1-16-11-12-20(22(15-16)34-5)25(36-19-9-7-6-8-10-19)18(3)35-27(32)17(2)29-26(31)23-24(30)21(33-4)13-14-28-23/h6-15,17-18,25,30H,1-5H3,(H,29,31)/t17-,18-,25-/m0/s1. The number of benzene rings is 2. The lowest BCUT2D eigenvalue weighted by Crippen LogP contribution is -2.42. The van der Waals surface area contributed by atoms with Crippen LogP contribution in [0.5, 0.6) is 23.0 Å². The number of pyridine rings is 1. The summed E-state index contributed by atoms with van der Waals surface area (Å²) in [6, 6.07) is 15.2. The fourth-order valence-electron chi connectivity index (χ4n) is 3.55. The van der Waals surface area contributed by atoms with Crippen LogP contribution in [0.1, 0.15) is 41.6 Å². The predicted molar refractivity (Wildman–Crippen MR) is 132 cm³/mol. The molecule has 9 heteroatoms. The van der Waals surface area contributed by atoms with Crippen LogP contribution in [-0.2, 0) is 9.53 Å². The summed E-state index contributed by atoms with van der Waals surface area (Å²) < 4.78 is 22.5. The Hall–Kier alpha value is -4.27. The van der Waals surface area contributed by atoms with E-state index >= 15 is 0 Å². The third-order valence-corrected chi connectivity index (χ3v) is 5.45. The first-order valence-electron chi connectivity index (χ1n) is 11.3. The van der Waals surface area contributed by atoms with Crippen LogP contribution in [0.4, 0.5) is 0 Å². The first-order valence-corrected chi connectivity index (χ1v) is 11.3. The number of aryl methyl sites for hydroxylation is 1. The molecule has 0 saturated heterocycles. The molecule has 0 saturated carbocycles. The third kappa shape index (κ3) is 6.24. The minimum absolute atomic E-state index is 0.0898. The number of methoxy groups -OCH3 is 2. The molecule has 0 unspecified atom stereocenters. The predicted octanol–water partition coefficient (Wildman–Crippen LogP) is 3.98. The van der Waals surface area contributed by atoms with Crippen LogP contribution in [0.25, 0.3) is 0 Å². The first-order chi connectivity index (χ1) is 17.2. The van der Waals surface area contributed by atoms with Crippen LogP contribution in [0.2, 0.25) is 0 Å². The fourth-order valence-corrected chi connectivity index (χ4v) is 3.55. The first kappa shape index (κ1) is 26.3. The van der Waals surface area contributed by atoms with Crippen molar-refractivity contribution in [1.29, 1.82) is 0 Å². The van der Waals surface area contributed by atoms with Crippen molar-refractivity contribution in [2.45, 2.75) is 39.0 Å². The van der Waals surface area contributed by atoms with Crippen LogP contribution in [0, 0.1) is 6.92 Å². The summed E-state index contributed by atoms with van der Waals surface area (Å²) in [5.74, 6) is -0.582. The monoisotopic (exact) mass is 494 g/mol. The summed E-state index contributed by atoms with van der Waals surface area (Å²) in [4.78, 5) is 29.4. The van der Waals surface area contributed by atoms with Crippen molar-refractivity contribution in [2.24, 2.45) is 0 Å². The van der Waals surface area contributed by atoms with Crippen molar-refractivity contribution in [1.82, 2.24) is 10.3 Å². The highest BCUT2D eigenvalue weighted by atomic mass is 16.6. The number of hydrogen-bond acceptors (Lipinski definition) is 8. The van der Waals surface area contributed by atoms with Gasteiger partial charge in [-0.15, -0.1) is 0 Å². The van der Waals surface area contributed by atoms with Crippen molar-refractivity contribution in [3.05, 3.63) is 77.6 Å². The van der Waals surface area contributed by atoms with Gasteiger partial charge >= 0.3 is 5.97 Å². The van der Waals surface area contributed by atoms with Gasteiger partial charge in [-0.1, -0.05) is 30.3 Å². The van der Waals surface area contributed by atoms with Crippen LogP contribution in [-0.4, -0.2) is 48.3 Å². The number of aromatic nitrogens is 1. The van der Waals surface area contributed by atoms with Crippen molar-refractivity contribution in [3.8, 4) is 23.0 Å². The number of esters is 1. The maximum absolute atomic E-state index is 12.9. The van der Waals surface area contributed by atoms with E-state index in [4.69, 9.17) is 18.9 Å². The average Bonchev–Trinajstić information content (AvgIpc) is 2.87. The zero-order valence-electron chi connectivity index (χ0n) is 20.8. The number of carbonyl (C=O) groups is 2. The van der Waals surface area contributed by atoms with Crippen LogP contribution < -0.4 is 19.5 Å². The fraction of sp³-hybridized carbons (Fsp3) is 0.296. The molecule has 9 nitrogen and oxygen atoms in total. The molecule has 1 aromatic heterocycles. The Labute approximate surface area is 210 Å². The number of aromatic hydroxyl groups is 1. The van der Waals surface area contributed by atoms with Crippen molar-refractivity contribution in [2.75, 3.05) is 14.2 Å². The van der Waals surface area contributed by atoms with E-state index in [1.54, 1.807) is 26.2 Å². The number of carbonyl (C=O) groups excluding carboxylic acids is 2. The van der Waals surface area contributed by atoms with Gasteiger partial charge in [0.15, 0.2) is 23.3 Å². The number of rotatable bonds is 10. The van der Waals surface area contributed by atoms with Gasteiger partial charge in [0, 0.05) is 17.8 Å². The van der Waals surface area contributed by atoms with Crippen LogP contribution in [0.15, 0.2) is 60.8 Å². The molecule has 0 spiro atoms. The van der Waals surface area contributed by atoms with Gasteiger partial charge in [-0.05, 0) is 44.5 Å². The van der Waals surface area contributed by atoms with Gasteiger partial charge in [-0.25, -0.2) is 9.78 Å². The van der Waals surface area contributed by atoms with Gasteiger partial charge in [0.2, 0.25) is 0 Å². The van der Waals surface area contributed by atoms with E-state index < -0.39 is 35.9 Å². The van der Waals surface area contributed by atoms with Crippen molar-refractivity contribution < 1.29 is 33.6 Å². The van der Waals surface area contributed by atoms with E-state index in [9.17, 15) is 14.7 Å². The van der Waals surface area contributed by atoms with Gasteiger partial charge in [0.25, 0.3) is 5.91 Å². The molecule has 36 heavy (non-hydrogen) atoms. The van der Waals surface area contributed by atoms with E-state index in [1.165, 1.54) is 26.3 Å². The summed E-state index contributed by atoms with van der Waals surface area (Å²) in [7, 11) is 2.92. The minimum Gasteiger partial charge on any atom is -0.503 e. The van der Waals surface area contributed by atoms with Gasteiger partial charge in [0.05, 0.1) is 14.2 Å². The molecule has 0 aliphatic rings. The van der Waals surface area contributed by atoms with E-state index in [2.05, 4.69) is 10.3 Å². The maximum atomic E-state index is 12.9. The number of para-hydroxylation sites is 1.